The van der Waals surface area contributed by atoms with Crippen LogP contribution in [0.25, 0.3) is 0 Å². The Hall–Kier alpha value is -3.62. The number of aromatic carboxylic acids is 1. The van der Waals surface area contributed by atoms with Gasteiger partial charge in [-0.15, -0.1) is 11.8 Å². The van der Waals surface area contributed by atoms with Gasteiger partial charge in [0.1, 0.15) is 0 Å². The molecule has 33 heavy (non-hydrogen) atoms. The number of amides is 3. The first-order chi connectivity index (χ1) is 15.8. The lowest BCUT2D eigenvalue weighted by molar-refractivity contribution is -0.121. The lowest BCUT2D eigenvalue weighted by Gasteiger charge is -2.15. The van der Waals surface area contributed by atoms with E-state index in [1.165, 1.54) is 23.9 Å². The number of nitrogens with one attached hydrogen (secondary N) is 1. The first-order valence-corrected chi connectivity index (χ1v) is 11.1. The molecule has 3 aromatic carbocycles. The summed E-state index contributed by atoms with van der Waals surface area (Å²) >= 11 is 7.25. The molecule has 1 aliphatic rings. The lowest BCUT2D eigenvalue weighted by Crippen LogP contribution is -2.31. The predicted molar refractivity (Wildman–Crippen MR) is 126 cm³/mol. The van der Waals surface area contributed by atoms with Crippen LogP contribution in [-0.4, -0.2) is 34.0 Å². The summed E-state index contributed by atoms with van der Waals surface area (Å²) < 4.78 is 0. The van der Waals surface area contributed by atoms with Crippen LogP contribution in [0, 0.1) is 0 Å². The Balaban J connectivity index is 1.43. The average molecular weight is 481 g/mol. The van der Waals surface area contributed by atoms with Gasteiger partial charge >= 0.3 is 5.97 Å². The number of hydrogen-bond donors (Lipinski definition) is 2. The van der Waals surface area contributed by atoms with Crippen LogP contribution in [0.3, 0.4) is 0 Å². The number of rotatable bonds is 6. The van der Waals surface area contributed by atoms with Crippen molar-refractivity contribution in [2.45, 2.75) is 16.6 Å². The van der Waals surface area contributed by atoms with E-state index in [0.29, 0.717) is 16.4 Å². The molecule has 0 saturated carbocycles. The smallest absolute Gasteiger partial charge is 0.336 e. The van der Waals surface area contributed by atoms with Gasteiger partial charge in [-0.25, -0.2) is 9.69 Å². The summed E-state index contributed by atoms with van der Waals surface area (Å²) in [5, 5.41) is 11.8. The molecule has 1 unspecified atom stereocenters. The van der Waals surface area contributed by atoms with Crippen molar-refractivity contribution in [2.75, 3.05) is 10.2 Å². The van der Waals surface area contributed by atoms with Gasteiger partial charge in [-0.05, 0) is 54.6 Å². The number of benzene rings is 3. The number of carbonyl (C=O) groups is 4. The molecule has 3 amide bonds. The van der Waals surface area contributed by atoms with E-state index in [9.17, 15) is 24.3 Å². The van der Waals surface area contributed by atoms with Crippen LogP contribution in [0.15, 0.2) is 77.7 Å². The highest BCUT2D eigenvalue weighted by molar-refractivity contribution is 8.00. The number of carboxylic acid groups (broad SMARTS) is 1. The van der Waals surface area contributed by atoms with Crippen molar-refractivity contribution in [3.05, 3.63) is 88.9 Å². The fraction of sp³-hybridized carbons (Fsp3) is 0.0833. The number of carbonyl (C=O) groups excluding carboxylic acids is 3. The number of imide groups is 1. The normalized spacial score (nSPS) is 15.5. The summed E-state index contributed by atoms with van der Waals surface area (Å²) in [7, 11) is 0. The van der Waals surface area contributed by atoms with Gasteiger partial charge in [0.15, 0.2) is 0 Å². The molecule has 3 aromatic rings. The number of anilines is 2. The molecule has 0 aromatic heterocycles. The van der Waals surface area contributed by atoms with Crippen LogP contribution >= 0.6 is 23.4 Å². The molecule has 0 aliphatic carbocycles. The van der Waals surface area contributed by atoms with Gasteiger partial charge in [-0.2, -0.15) is 0 Å². The van der Waals surface area contributed by atoms with E-state index in [1.807, 2.05) is 0 Å². The predicted octanol–water partition coefficient (Wildman–Crippen LogP) is 4.71. The maximum absolute atomic E-state index is 12.8. The molecule has 4 rings (SSSR count). The summed E-state index contributed by atoms with van der Waals surface area (Å²) in [6.45, 7) is 0. The van der Waals surface area contributed by atoms with E-state index in [4.69, 9.17) is 11.6 Å². The molecular formula is C24H17ClN2O5S. The van der Waals surface area contributed by atoms with E-state index in [1.54, 1.807) is 60.7 Å². The quantitative estimate of drug-likeness (QED) is 0.495. The largest absolute Gasteiger partial charge is 0.478 e. The standard InChI is InChI=1S/C24H17ClN2O5S/c25-14-4-3-5-16(12-14)27-21(28)13-20(23(27)30)33-17-10-8-15(9-11-17)26-22(29)18-6-1-2-7-19(18)24(31)32/h1-12,20H,13H2,(H,26,29)(H,31,32). The summed E-state index contributed by atoms with van der Waals surface area (Å²) in [6, 6.07) is 19.3. The van der Waals surface area contributed by atoms with E-state index >= 15 is 0 Å². The third kappa shape index (κ3) is 4.92. The third-order valence-corrected chi connectivity index (χ3v) is 6.40. The molecule has 7 nitrogen and oxygen atoms in total. The van der Waals surface area contributed by atoms with Gasteiger partial charge in [0, 0.05) is 22.0 Å². The van der Waals surface area contributed by atoms with Crippen molar-refractivity contribution in [1.82, 2.24) is 0 Å². The maximum atomic E-state index is 12.8. The van der Waals surface area contributed by atoms with Crippen LogP contribution in [0.4, 0.5) is 11.4 Å². The second-order valence-corrected chi connectivity index (χ2v) is 8.90. The number of carboxylic acids is 1. The minimum absolute atomic E-state index is 0.0552. The highest BCUT2D eigenvalue weighted by Crippen LogP contribution is 2.35. The third-order valence-electron chi connectivity index (χ3n) is 4.96. The molecule has 166 valence electrons. The van der Waals surface area contributed by atoms with Crippen molar-refractivity contribution < 1.29 is 24.3 Å². The van der Waals surface area contributed by atoms with Crippen molar-refractivity contribution in [3.8, 4) is 0 Å². The zero-order valence-corrected chi connectivity index (χ0v) is 18.6. The molecule has 1 heterocycles. The fourth-order valence-electron chi connectivity index (χ4n) is 3.43. The van der Waals surface area contributed by atoms with Crippen molar-refractivity contribution in [2.24, 2.45) is 0 Å². The molecule has 1 aliphatic heterocycles. The highest BCUT2D eigenvalue weighted by atomic mass is 35.5. The van der Waals surface area contributed by atoms with Gasteiger partial charge in [-0.3, -0.25) is 14.4 Å². The summed E-state index contributed by atoms with van der Waals surface area (Å²) in [5.74, 6) is -2.33. The van der Waals surface area contributed by atoms with Crippen LogP contribution < -0.4 is 10.2 Å². The fourth-order valence-corrected chi connectivity index (χ4v) is 4.67. The summed E-state index contributed by atoms with van der Waals surface area (Å²) in [5.41, 5.74) is 0.884. The molecule has 0 radical (unpaired) electrons. The first-order valence-electron chi connectivity index (χ1n) is 9.86. The molecule has 2 N–H and O–H groups in total. The van der Waals surface area contributed by atoms with Gasteiger partial charge in [-0.1, -0.05) is 29.8 Å². The monoisotopic (exact) mass is 480 g/mol. The van der Waals surface area contributed by atoms with Crippen LogP contribution in [0.2, 0.25) is 5.02 Å². The Morgan fingerprint density at radius 1 is 0.970 bits per heavy atom. The molecule has 0 spiro atoms. The lowest BCUT2D eigenvalue weighted by atomic mass is 10.1. The molecule has 1 fully saturated rings. The number of halogens is 1. The van der Waals surface area contributed by atoms with Crippen molar-refractivity contribution in [3.63, 3.8) is 0 Å². The Bertz CT molecular complexity index is 1260. The zero-order chi connectivity index (χ0) is 23.5. The molecule has 0 bridgehead atoms. The molecule has 1 atom stereocenters. The topological polar surface area (TPSA) is 104 Å². The van der Waals surface area contributed by atoms with E-state index in [0.717, 1.165) is 9.80 Å². The molecular weight excluding hydrogens is 464 g/mol. The second-order valence-electron chi connectivity index (χ2n) is 7.19. The van der Waals surface area contributed by atoms with Crippen LogP contribution in [0.1, 0.15) is 27.1 Å². The minimum Gasteiger partial charge on any atom is -0.478 e. The Morgan fingerprint density at radius 3 is 2.33 bits per heavy atom. The van der Waals surface area contributed by atoms with Gasteiger partial charge in [0.05, 0.1) is 22.1 Å². The van der Waals surface area contributed by atoms with E-state index < -0.39 is 17.1 Å². The number of thioether (sulfide) groups is 1. The van der Waals surface area contributed by atoms with Crippen molar-refractivity contribution in [1.29, 1.82) is 0 Å². The number of hydrogen-bond acceptors (Lipinski definition) is 5. The second kappa shape index (κ2) is 9.48. The highest BCUT2D eigenvalue weighted by Gasteiger charge is 2.40. The molecule has 9 heteroatoms. The number of nitrogens with zero attached hydrogens (tertiary/aromatic N) is 1. The average Bonchev–Trinajstić information content (AvgIpc) is 3.07. The van der Waals surface area contributed by atoms with E-state index in [-0.39, 0.29) is 29.4 Å². The zero-order valence-electron chi connectivity index (χ0n) is 17.0. The summed E-state index contributed by atoms with van der Waals surface area (Å²) in [6.07, 6.45) is 0.0699. The van der Waals surface area contributed by atoms with E-state index in [2.05, 4.69) is 5.32 Å². The SMILES string of the molecule is O=C(O)c1ccccc1C(=O)Nc1ccc(SC2CC(=O)N(c3cccc(Cl)c3)C2=O)cc1. The van der Waals surface area contributed by atoms with Crippen LogP contribution in [0.5, 0.6) is 0 Å². The maximum Gasteiger partial charge on any atom is 0.336 e. The molecule has 1 saturated heterocycles. The van der Waals surface area contributed by atoms with Gasteiger partial charge in [0.25, 0.3) is 5.91 Å². The summed E-state index contributed by atoms with van der Waals surface area (Å²) in [4.78, 5) is 51.0. The van der Waals surface area contributed by atoms with Crippen LogP contribution in [-0.2, 0) is 9.59 Å². The first kappa shape index (κ1) is 22.6. The Kier molecular flexibility index (Phi) is 6.48. The van der Waals surface area contributed by atoms with Gasteiger partial charge in [0.2, 0.25) is 11.8 Å². The van der Waals surface area contributed by atoms with Crippen molar-refractivity contribution >= 4 is 58.4 Å². The Labute approximate surface area is 198 Å². The van der Waals surface area contributed by atoms with Gasteiger partial charge < -0.3 is 10.4 Å². The minimum atomic E-state index is -1.19. The Morgan fingerprint density at radius 2 is 1.67 bits per heavy atom.